The van der Waals surface area contributed by atoms with Crippen molar-refractivity contribution in [1.29, 1.82) is 0 Å². The van der Waals surface area contributed by atoms with Gasteiger partial charge in [-0.1, -0.05) is 6.08 Å². The van der Waals surface area contributed by atoms with Crippen molar-refractivity contribution in [2.24, 2.45) is 11.8 Å². The molecule has 106 valence electrons. The number of carbonyl (C=O) groups excluding carboxylic acids is 4. The number of hydrogen-bond donors (Lipinski definition) is 1. The largest absolute Gasteiger partial charge is 0.295 e. The van der Waals surface area contributed by atoms with Gasteiger partial charge in [0.05, 0.1) is 17.7 Å². The lowest BCUT2D eigenvalue weighted by molar-refractivity contribution is -0.151. The molecule has 20 heavy (non-hydrogen) atoms. The SMILES string of the molecule is O=C1CCC(N2C(=O)C3CC=C(F)CC3C2=O)C(=O)N1. The molecule has 1 N–H and O–H groups in total. The second kappa shape index (κ2) is 4.50. The molecule has 3 unspecified atom stereocenters. The lowest BCUT2D eigenvalue weighted by Crippen LogP contribution is -2.54. The minimum Gasteiger partial charge on any atom is -0.295 e. The number of piperidine rings is 1. The van der Waals surface area contributed by atoms with E-state index < -0.39 is 47.3 Å². The number of carbonyl (C=O) groups is 4. The molecule has 2 heterocycles. The molecule has 2 fully saturated rings. The third kappa shape index (κ3) is 1.85. The van der Waals surface area contributed by atoms with Crippen LogP contribution in [0.25, 0.3) is 0 Å². The van der Waals surface area contributed by atoms with Gasteiger partial charge >= 0.3 is 0 Å². The molecular formula is C13H13FN2O4. The minimum atomic E-state index is -0.943. The number of likely N-dealkylation sites (tertiary alicyclic amines) is 1. The van der Waals surface area contributed by atoms with Gasteiger partial charge < -0.3 is 0 Å². The number of imide groups is 2. The van der Waals surface area contributed by atoms with Crippen LogP contribution in [-0.2, 0) is 19.2 Å². The lowest BCUT2D eigenvalue weighted by Gasteiger charge is -2.28. The standard InChI is InChI=1S/C13H13FN2O4/c14-6-1-2-7-8(5-6)13(20)16(12(7)19)9-3-4-10(17)15-11(9)18/h1,7-9H,2-5H2,(H,15,17,18). The Labute approximate surface area is 114 Å². The van der Waals surface area contributed by atoms with E-state index in [1.54, 1.807) is 0 Å². The van der Waals surface area contributed by atoms with Gasteiger partial charge in [0.15, 0.2) is 0 Å². The monoisotopic (exact) mass is 280 g/mol. The van der Waals surface area contributed by atoms with E-state index in [2.05, 4.69) is 5.32 Å². The summed E-state index contributed by atoms with van der Waals surface area (Å²) in [5, 5.41) is 2.13. The zero-order valence-corrected chi connectivity index (χ0v) is 10.6. The van der Waals surface area contributed by atoms with E-state index in [-0.39, 0.29) is 25.7 Å². The molecular weight excluding hydrogens is 267 g/mol. The predicted molar refractivity (Wildman–Crippen MR) is 63.4 cm³/mol. The molecule has 0 aromatic heterocycles. The molecule has 4 amide bonds. The summed E-state index contributed by atoms with van der Waals surface area (Å²) in [6.45, 7) is 0. The Morgan fingerprint density at radius 1 is 1.15 bits per heavy atom. The molecule has 2 aliphatic heterocycles. The van der Waals surface area contributed by atoms with E-state index >= 15 is 0 Å². The van der Waals surface area contributed by atoms with Gasteiger partial charge in [0, 0.05) is 12.8 Å². The second-order valence-electron chi connectivity index (χ2n) is 5.32. The topological polar surface area (TPSA) is 83.6 Å². The van der Waals surface area contributed by atoms with Gasteiger partial charge in [-0.2, -0.15) is 0 Å². The summed E-state index contributed by atoms with van der Waals surface area (Å²) < 4.78 is 13.3. The summed E-state index contributed by atoms with van der Waals surface area (Å²) in [7, 11) is 0. The summed E-state index contributed by atoms with van der Waals surface area (Å²) in [6, 6.07) is -0.943. The average Bonchev–Trinajstić information content (AvgIpc) is 2.63. The molecule has 6 nitrogen and oxygen atoms in total. The molecule has 3 rings (SSSR count). The fourth-order valence-corrected chi connectivity index (χ4v) is 3.09. The van der Waals surface area contributed by atoms with Crippen molar-refractivity contribution in [3.05, 3.63) is 11.9 Å². The van der Waals surface area contributed by atoms with Crippen molar-refractivity contribution in [3.63, 3.8) is 0 Å². The van der Waals surface area contributed by atoms with Crippen molar-refractivity contribution in [1.82, 2.24) is 10.2 Å². The van der Waals surface area contributed by atoms with Gasteiger partial charge in [0.25, 0.3) is 0 Å². The Morgan fingerprint density at radius 2 is 1.85 bits per heavy atom. The average molecular weight is 280 g/mol. The Bertz CT molecular complexity index is 557. The van der Waals surface area contributed by atoms with Crippen LogP contribution in [0.5, 0.6) is 0 Å². The van der Waals surface area contributed by atoms with Crippen molar-refractivity contribution in [2.75, 3.05) is 0 Å². The first-order valence-electron chi connectivity index (χ1n) is 6.54. The third-order valence-corrected chi connectivity index (χ3v) is 4.12. The molecule has 1 aliphatic carbocycles. The van der Waals surface area contributed by atoms with E-state index in [0.29, 0.717) is 0 Å². The number of hydrogen-bond acceptors (Lipinski definition) is 4. The van der Waals surface area contributed by atoms with Gasteiger partial charge in [0.1, 0.15) is 6.04 Å². The van der Waals surface area contributed by atoms with Crippen LogP contribution < -0.4 is 5.32 Å². The van der Waals surface area contributed by atoms with Crippen molar-refractivity contribution >= 4 is 23.6 Å². The molecule has 0 aromatic carbocycles. The van der Waals surface area contributed by atoms with Crippen molar-refractivity contribution < 1.29 is 23.6 Å². The number of fused-ring (bicyclic) bond motifs is 1. The summed E-state index contributed by atoms with van der Waals surface area (Å²) in [4.78, 5) is 48.4. The molecule has 3 aliphatic rings. The van der Waals surface area contributed by atoms with Crippen LogP contribution in [0.3, 0.4) is 0 Å². The second-order valence-corrected chi connectivity index (χ2v) is 5.32. The maximum absolute atomic E-state index is 13.3. The third-order valence-electron chi connectivity index (χ3n) is 4.12. The predicted octanol–water partition coefficient (Wildman–Crippen LogP) is 0.0400. The van der Waals surface area contributed by atoms with Crippen LogP contribution in [0.2, 0.25) is 0 Å². The van der Waals surface area contributed by atoms with Crippen LogP contribution in [0.1, 0.15) is 25.7 Å². The zero-order valence-electron chi connectivity index (χ0n) is 10.6. The van der Waals surface area contributed by atoms with Crippen LogP contribution in [0, 0.1) is 11.8 Å². The molecule has 7 heteroatoms. The van der Waals surface area contributed by atoms with Crippen LogP contribution in [0.15, 0.2) is 11.9 Å². The molecule has 0 bridgehead atoms. The summed E-state index contributed by atoms with van der Waals surface area (Å²) in [6.07, 6.45) is 1.65. The quantitative estimate of drug-likeness (QED) is 0.687. The lowest BCUT2D eigenvalue weighted by atomic mass is 9.85. The highest BCUT2D eigenvalue weighted by atomic mass is 19.1. The smallest absolute Gasteiger partial charge is 0.249 e. The Kier molecular flexibility index (Phi) is 2.92. The highest BCUT2D eigenvalue weighted by Gasteiger charge is 2.52. The van der Waals surface area contributed by atoms with Crippen molar-refractivity contribution in [2.45, 2.75) is 31.7 Å². The molecule has 0 radical (unpaired) electrons. The summed E-state index contributed by atoms with van der Waals surface area (Å²) in [5.74, 6) is -3.65. The summed E-state index contributed by atoms with van der Waals surface area (Å²) >= 11 is 0. The molecule has 2 saturated heterocycles. The first-order chi connectivity index (χ1) is 9.49. The van der Waals surface area contributed by atoms with Crippen LogP contribution in [-0.4, -0.2) is 34.6 Å². The van der Waals surface area contributed by atoms with E-state index in [1.165, 1.54) is 6.08 Å². The van der Waals surface area contributed by atoms with Gasteiger partial charge in [-0.15, -0.1) is 0 Å². The Hall–Kier alpha value is -2.05. The zero-order chi connectivity index (χ0) is 14.4. The molecule has 0 aromatic rings. The van der Waals surface area contributed by atoms with Gasteiger partial charge in [-0.25, -0.2) is 4.39 Å². The Balaban J connectivity index is 1.85. The highest BCUT2D eigenvalue weighted by molar-refractivity contribution is 6.10. The van der Waals surface area contributed by atoms with E-state index in [9.17, 15) is 23.6 Å². The van der Waals surface area contributed by atoms with Gasteiger partial charge in [-0.05, 0) is 12.8 Å². The van der Waals surface area contributed by atoms with E-state index in [4.69, 9.17) is 0 Å². The molecule has 3 atom stereocenters. The van der Waals surface area contributed by atoms with Gasteiger partial charge in [-0.3, -0.25) is 29.4 Å². The van der Waals surface area contributed by atoms with Gasteiger partial charge in [0.2, 0.25) is 23.6 Å². The number of rotatable bonds is 1. The number of halogens is 1. The maximum Gasteiger partial charge on any atom is 0.249 e. The van der Waals surface area contributed by atoms with E-state index in [1.807, 2.05) is 0 Å². The Morgan fingerprint density at radius 3 is 2.55 bits per heavy atom. The fraction of sp³-hybridized carbons (Fsp3) is 0.538. The summed E-state index contributed by atoms with van der Waals surface area (Å²) in [5.41, 5.74) is 0. The first-order valence-corrected chi connectivity index (χ1v) is 6.54. The number of nitrogens with zero attached hydrogens (tertiary/aromatic N) is 1. The van der Waals surface area contributed by atoms with Crippen LogP contribution in [0.4, 0.5) is 4.39 Å². The van der Waals surface area contributed by atoms with Crippen molar-refractivity contribution in [3.8, 4) is 0 Å². The van der Waals surface area contributed by atoms with E-state index in [0.717, 1.165) is 4.90 Å². The molecule has 0 spiro atoms. The highest BCUT2D eigenvalue weighted by Crippen LogP contribution is 2.39. The number of amides is 4. The first kappa shape index (κ1) is 13.0. The normalized spacial score (nSPS) is 34.0. The fourth-order valence-electron chi connectivity index (χ4n) is 3.09. The maximum atomic E-state index is 13.3. The van der Waals surface area contributed by atoms with Crippen LogP contribution >= 0.6 is 0 Å². The number of nitrogens with one attached hydrogen (secondary N) is 1. The molecule has 0 saturated carbocycles. The number of allylic oxidation sites excluding steroid dienone is 2. The minimum absolute atomic E-state index is 0.0843.